The maximum atomic E-state index is 12.5. The molecular formula is C19H21NO. The van der Waals surface area contributed by atoms with Crippen LogP contribution in [-0.4, -0.2) is 11.9 Å². The van der Waals surface area contributed by atoms with Gasteiger partial charge in [-0.25, -0.2) is 0 Å². The molecule has 1 aliphatic carbocycles. The van der Waals surface area contributed by atoms with Crippen molar-refractivity contribution >= 4 is 5.91 Å². The van der Waals surface area contributed by atoms with E-state index in [0.29, 0.717) is 0 Å². The lowest BCUT2D eigenvalue weighted by atomic mass is 9.88. The minimum Gasteiger partial charge on any atom is -0.349 e. The van der Waals surface area contributed by atoms with Crippen LogP contribution in [0.25, 0.3) is 0 Å². The third-order valence-electron chi connectivity index (χ3n) is 4.32. The van der Waals surface area contributed by atoms with Gasteiger partial charge in [0.1, 0.15) is 0 Å². The highest BCUT2D eigenvalue weighted by molar-refractivity contribution is 5.96. The first-order valence-corrected chi connectivity index (χ1v) is 7.58. The summed E-state index contributed by atoms with van der Waals surface area (Å²) in [6, 6.07) is 14.8. The molecule has 0 saturated heterocycles. The molecule has 0 saturated carbocycles. The molecule has 0 aromatic heterocycles. The summed E-state index contributed by atoms with van der Waals surface area (Å²) in [7, 11) is 0. The fourth-order valence-electron chi connectivity index (χ4n) is 3.06. The lowest BCUT2D eigenvalue weighted by Gasteiger charge is -2.25. The van der Waals surface area contributed by atoms with Crippen molar-refractivity contribution in [3.8, 4) is 0 Å². The third-order valence-corrected chi connectivity index (χ3v) is 4.32. The second-order valence-electron chi connectivity index (χ2n) is 6.00. The van der Waals surface area contributed by atoms with Crippen molar-refractivity contribution in [1.82, 2.24) is 5.32 Å². The predicted molar refractivity (Wildman–Crippen MR) is 85.6 cm³/mol. The molecule has 21 heavy (non-hydrogen) atoms. The smallest absolute Gasteiger partial charge is 0.251 e. The van der Waals surface area contributed by atoms with Gasteiger partial charge in [0.05, 0.1) is 0 Å². The standard InChI is InChI=1S/C19H21NO/c1-13-7-8-14(2)18(11-13)19(21)20-17-10-9-15-5-3-4-6-16(15)12-17/h3-8,11,17H,9-10,12H2,1-2H3,(H,20,21). The topological polar surface area (TPSA) is 29.1 Å². The monoisotopic (exact) mass is 279 g/mol. The number of rotatable bonds is 2. The molecule has 2 aromatic rings. The maximum absolute atomic E-state index is 12.5. The normalized spacial score (nSPS) is 17.1. The first kappa shape index (κ1) is 13.9. The largest absolute Gasteiger partial charge is 0.349 e. The Labute approximate surface area is 126 Å². The van der Waals surface area contributed by atoms with E-state index >= 15 is 0 Å². The summed E-state index contributed by atoms with van der Waals surface area (Å²) < 4.78 is 0. The van der Waals surface area contributed by atoms with E-state index in [1.165, 1.54) is 11.1 Å². The van der Waals surface area contributed by atoms with Crippen molar-refractivity contribution in [3.05, 3.63) is 70.3 Å². The van der Waals surface area contributed by atoms with Crippen LogP contribution in [0.2, 0.25) is 0 Å². The molecule has 108 valence electrons. The van der Waals surface area contributed by atoms with Crippen LogP contribution in [0, 0.1) is 13.8 Å². The lowest BCUT2D eigenvalue weighted by molar-refractivity contribution is 0.0933. The highest BCUT2D eigenvalue weighted by Crippen LogP contribution is 2.21. The van der Waals surface area contributed by atoms with Gasteiger partial charge < -0.3 is 5.32 Å². The van der Waals surface area contributed by atoms with Gasteiger partial charge in [0.15, 0.2) is 0 Å². The molecule has 1 unspecified atom stereocenters. The number of carbonyl (C=O) groups is 1. The third kappa shape index (κ3) is 2.99. The number of carbonyl (C=O) groups excluding carboxylic acids is 1. The molecule has 0 bridgehead atoms. The average Bonchev–Trinajstić information content (AvgIpc) is 2.49. The van der Waals surface area contributed by atoms with Gasteiger partial charge in [-0.1, -0.05) is 42.0 Å². The SMILES string of the molecule is Cc1ccc(C)c(C(=O)NC2CCc3ccccc3C2)c1. The molecule has 1 N–H and O–H groups in total. The summed E-state index contributed by atoms with van der Waals surface area (Å²) in [5, 5.41) is 3.21. The molecule has 0 aliphatic heterocycles. The number of aryl methyl sites for hydroxylation is 3. The maximum Gasteiger partial charge on any atom is 0.251 e. The molecule has 1 atom stereocenters. The van der Waals surface area contributed by atoms with Gasteiger partial charge in [0.2, 0.25) is 0 Å². The Hall–Kier alpha value is -2.09. The van der Waals surface area contributed by atoms with E-state index in [4.69, 9.17) is 0 Å². The predicted octanol–water partition coefficient (Wildman–Crippen LogP) is 3.59. The van der Waals surface area contributed by atoms with Crippen LogP contribution in [0.1, 0.15) is 39.0 Å². The highest BCUT2D eigenvalue weighted by Gasteiger charge is 2.20. The Morgan fingerprint density at radius 2 is 1.86 bits per heavy atom. The van der Waals surface area contributed by atoms with E-state index in [9.17, 15) is 4.79 Å². The summed E-state index contributed by atoms with van der Waals surface area (Å²) in [6.07, 6.45) is 3.01. The number of benzene rings is 2. The molecule has 3 rings (SSSR count). The molecule has 0 radical (unpaired) electrons. The second kappa shape index (κ2) is 5.72. The van der Waals surface area contributed by atoms with Crippen LogP contribution >= 0.6 is 0 Å². The van der Waals surface area contributed by atoms with Crippen molar-refractivity contribution in [3.63, 3.8) is 0 Å². The molecule has 2 nitrogen and oxygen atoms in total. The molecule has 1 aliphatic rings. The van der Waals surface area contributed by atoms with Gasteiger partial charge in [-0.3, -0.25) is 4.79 Å². The van der Waals surface area contributed by atoms with Gasteiger partial charge in [-0.2, -0.15) is 0 Å². The van der Waals surface area contributed by atoms with Gasteiger partial charge in [0, 0.05) is 11.6 Å². The van der Waals surface area contributed by atoms with Crippen molar-refractivity contribution in [1.29, 1.82) is 0 Å². The van der Waals surface area contributed by atoms with Crippen molar-refractivity contribution in [2.45, 2.75) is 39.2 Å². The van der Waals surface area contributed by atoms with Crippen LogP contribution < -0.4 is 5.32 Å². The summed E-state index contributed by atoms with van der Waals surface area (Å²) >= 11 is 0. The Bertz CT molecular complexity index is 675. The first-order chi connectivity index (χ1) is 10.1. The summed E-state index contributed by atoms with van der Waals surface area (Å²) in [6.45, 7) is 4.01. The van der Waals surface area contributed by atoms with Gasteiger partial charge >= 0.3 is 0 Å². The minimum absolute atomic E-state index is 0.0561. The molecule has 2 heteroatoms. The quantitative estimate of drug-likeness (QED) is 0.894. The van der Waals surface area contributed by atoms with Crippen LogP contribution in [0.4, 0.5) is 0 Å². The molecule has 0 spiro atoms. The number of amides is 1. The average molecular weight is 279 g/mol. The molecule has 0 fully saturated rings. The zero-order chi connectivity index (χ0) is 14.8. The lowest BCUT2D eigenvalue weighted by Crippen LogP contribution is -2.39. The van der Waals surface area contributed by atoms with Gasteiger partial charge in [-0.05, 0) is 55.9 Å². The van der Waals surface area contributed by atoms with E-state index in [1.54, 1.807) is 0 Å². The zero-order valence-electron chi connectivity index (χ0n) is 12.6. The van der Waals surface area contributed by atoms with Crippen molar-refractivity contribution in [2.75, 3.05) is 0 Å². The van der Waals surface area contributed by atoms with E-state index in [1.807, 2.05) is 32.0 Å². The Kier molecular flexibility index (Phi) is 3.78. The highest BCUT2D eigenvalue weighted by atomic mass is 16.1. The number of fused-ring (bicyclic) bond motifs is 1. The summed E-state index contributed by atoms with van der Waals surface area (Å²) in [4.78, 5) is 12.5. The number of hydrogen-bond acceptors (Lipinski definition) is 1. The molecule has 0 heterocycles. The number of nitrogens with one attached hydrogen (secondary N) is 1. The molecular weight excluding hydrogens is 258 g/mol. The molecule has 2 aromatic carbocycles. The van der Waals surface area contributed by atoms with E-state index < -0.39 is 0 Å². The Balaban J connectivity index is 1.73. The Morgan fingerprint density at radius 1 is 1.10 bits per heavy atom. The van der Waals surface area contributed by atoms with Crippen LogP contribution in [0.15, 0.2) is 42.5 Å². The van der Waals surface area contributed by atoms with E-state index in [0.717, 1.165) is 36.0 Å². The number of hydrogen-bond donors (Lipinski definition) is 1. The van der Waals surface area contributed by atoms with Gasteiger partial charge in [0.25, 0.3) is 5.91 Å². The van der Waals surface area contributed by atoms with Crippen LogP contribution in [-0.2, 0) is 12.8 Å². The zero-order valence-corrected chi connectivity index (χ0v) is 12.6. The van der Waals surface area contributed by atoms with Crippen molar-refractivity contribution < 1.29 is 4.79 Å². The summed E-state index contributed by atoms with van der Waals surface area (Å²) in [5.74, 6) is 0.0561. The second-order valence-corrected chi connectivity index (χ2v) is 6.00. The van der Waals surface area contributed by atoms with E-state index in [2.05, 4.69) is 29.6 Å². The minimum atomic E-state index is 0.0561. The first-order valence-electron chi connectivity index (χ1n) is 7.58. The van der Waals surface area contributed by atoms with Crippen LogP contribution in [0.5, 0.6) is 0 Å². The fraction of sp³-hybridized carbons (Fsp3) is 0.316. The van der Waals surface area contributed by atoms with Crippen molar-refractivity contribution in [2.24, 2.45) is 0 Å². The van der Waals surface area contributed by atoms with Crippen LogP contribution in [0.3, 0.4) is 0 Å². The van der Waals surface area contributed by atoms with Gasteiger partial charge in [-0.15, -0.1) is 0 Å². The summed E-state index contributed by atoms with van der Waals surface area (Å²) in [5.41, 5.74) is 5.76. The Morgan fingerprint density at radius 3 is 2.67 bits per heavy atom. The van der Waals surface area contributed by atoms with E-state index in [-0.39, 0.29) is 11.9 Å². The molecule has 1 amide bonds. The fourth-order valence-corrected chi connectivity index (χ4v) is 3.06.